The highest BCUT2D eigenvalue weighted by molar-refractivity contribution is 5.39. The summed E-state index contributed by atoms with van der Waals surface area (Å²) in [5.41, 5.74) is 1.17. The van der Waals surface area contributed by atoms with E-state index in [1.165, 1.54) is 13.8 Å². The van der Waals surface area contributed by atoms with Crippen molar-refractivity contribution in [3.63, 3.8) is 0 Å². The topological polar surface area (TPSA) is 100 Å². The van der Waals surface area contributed by atoms with Crippen molar-refractivity contribution in [1.82, 2.24) is 24.0 Å². The average molecular weight is 302 g/mol. The van der Waals surface area contributed by atoms with Crippen LogP contribution in [0.3, 0.4) is 0 Å². The van der Waals surface area contributed by atoms with Gasteiger partial charge in [-0.25, -0.2) is 9.48 Å². The molecule has 3 aromatic heterocycles. The molecule has 114 valence electrons. The van der Waals surface area contributed by atoms with E-state index in [1.807, 2.05) is 0 Å². The Morgan fingerprint density at radius 3 is 2.55 bits per heavy atom. The lowest BCUT2D eigenvalue weighted by atomic mass is 10.3. The van der Waals surface area contributed by atoms with Crippen molar-refractivity contribution < 1.29 is 4.92 Å². The highest BCUT2D eigenvalue weighted by Gasteiger charge is 2.21. The van der Waals surface area contributed by atoms with E-state index in [0.29, 0.717) is 30.1 Å². The van der Waals surface area contributed by atoms with E-state index in [-0.39, 0.29) is 11.4 Å². The summed E-state index contributed by atoms with van der Waals surface area (Å²) in [5.74, 6) is 0. The molecule has 3 heterocycles. The number of pyridine rings is 1. The molecule has 9 heteroatoms. The van der Waals surface area contributed by atoms with Crippen molar-refractivity contribution in [1.29, 1.82) is 0 Å². The number of rotatable bonds is 4. The van der Waals surface area contributed by atoms with Gasteiger partial charge in [0.15, 0.2) is 5.65 Å². The Morgan fingerprint density at radius 1 is 1.18 bits per heavy atom. The van der Waals surface area contributed by atoms with Crippen LogP contribution >= 0.6 is 0 Å². The summed E-state index contributed by atoms with van der Waals surface area (Å²) in [6, 6.07) is 5.30. The first-order valence-electron chi connectivity index (χ1n) is 6.71. The van der Waals surface area contributed by atoms with E-state index < -0.39 is 4.92 Å². The Labute approximate surface area is 124 Å². The molecule has 9 nitrogen and oxygen atoms in total. The third-order valence-electron chi connectivity index (χ3n) is 3.54. The number of fused-ring (bicyclic) bond motifs is 1. The van der Waals surface area contributed by atoms with Crippen LogP contribution in [0.15, 0.2) is 29.2 Å². The first kappa shape index (κ1) is 14.0. The average Bonchev–Trinajstić information content (AvgIpc) is 2.94. The molecule has 0 N–H and O–H groups in total. The largest absolute Gasteiger partial charge is 0.350 e. The van der Waals surface area contributed by atoms with Crippen LogP contribution in [0.4, 0.5) is 5.69 Å². The Morgan fingerprint density at radius 2 is 1.91 bits per heavy atom. The summed E-state index contributed by atoms with van der Waals surface area (Å²) in [6.45, 7) is 3.87. The van der Waals surface area contributed by atoms with Gasteiger partial charge in [-0.05, 0) is 26.0 Å². The van der Waals surface area contributed by atoms with Crippen LogP contribution in [0.25, 0.3) is 5.65 Å². The maximum Gasteiger partial charge on any atom is 0.350 e. The molecule has 0 fully saturated rings. The third kappa shape index (κ3) is 2.16. The SMILES string of the molecule is Cc1nn(CCn2nc3ccccn3c2=O)c(C)c1[N+](=O)[O-]. The van der Waals surface area contributed by atoms with Gasteiger partial charge in [0, 0.05) is 6.20 Å². The monoisotopic (exact) mass is 302 g/mol. The molecular formula is C13H14N6O3. The molecule has 0 atom stereocenters. The van der Waals surface area contributed by atoms with Crippen molar-refractivity contribution in [2.75, 3.05) is 0 Å². The van der Waals surface area contributed by atoms with Gasteiger partial charge in [0.05, 0.1) is 18.0 Å². The molecule has 3 aromatic rings. The van der Waals surface area contributed by atoms with Crippen molar-refractivity contribution in [3.8, 4) is 0 Å². The molecule has 0 aliphatic heterocycles. The number of nitrogens with zero attached hydrogens (tertiary/aromatic N) is 6. The molecule has 0 aliphatic rings. The van der Waals surface area contributed by atoms with E-state index in [1.54, 1.807) is 38.2 Å². The van der Waals surface area contributed by atoms with Gasteiger partial charge >= 0.3 is 11.4 Å². The zero-order chi connectivity index (χ0) is 15.9. The summed E-state index contributed by atoms with van der Waals surface area (Å²) in [7, 11) is 0. The van der Waals surface area contributed by atoms with Gasteiger partial charge < -0.3 is 0 Å². The summed E-state index contributed by atoms with van der Waals surface area (Å²) >= 11 is 0. The minimum absolute atomic E-state index is 0.0161. The van der Waals surface area contributed by atoms with Gasteiger partial charge in [0.25, 0.3) is 0 Å². The zero-order valence-electron chi connectivity index (χ0n) is 12.1. The third-order valence-corrected chi connectivity index (χ3v) is 3.54. The number of hydrogen-bond donors (Lipinski definition) is 0. The van der Waals surface area contributed by atoms with Gasteiger partial charge in [0.1, 0.15) is 11.4 Å². The predicted molar refractivity (Wildman–Crippen MR) is 77.8 cm³/mol. The molecule has 3 rings (SSSR count). The maximum atomic E-state index is 12.1. The Bertz CT molecular complexity index is 920. The zero-order valence-corrected chi connectivity index (χ0v) is 12.1. The van der Waals surface area contributed by atoms with Crippen molar-refractivity contribution in [2.24, 2.45) is 0 Å². The molecular weight excluding hydrogens is 288 g/mol. The van der Waals surface area contributed by atoms with E-state index >= 15 is 0 Å². The molecule has 0 aromatic carbocycles. The lowest BCUT2D eigenvalue weighted by molar-refractivity contribution is -0.386. The highest BCUT2D eigenvalue weighted by atomic mass is 16.6. The molecule has 0 saturated carbocycles. The number of aryl methyl sites for hydroxylation is 3. The number of nitro groups is 1. The fourth-order valence-electron chi connectivity index (χ4n) is 2.47. The van der Waals surface area contributed by atoms with Gasteiger partial charge in [0.2, 0.25) is 0 Å². The second kappa shape index (κ2) is 5.10. The number of hydrogen-bond acceptors (Lipinski definition) is 5. The molecule has 22 heavy (non-hydrogen) atoms. The lowest BCUT2D eigenvalue weighted by Crippen LogP contribution is -2.23. The quantitative estimate of drug-likeness (QED) is 0.527. The highest BCUT2D eigenvalue weighted by Crippen LogP contribution is 2.21. The fourth-order valence-corrected chi connectivity index (χ4v) is 2.47. The van der Waals surface area contributed by atoms with E-state index in [9.17, 15) is 14.9 Å². The van der Waals surface area contributed by atoms with E-state index in [4.69, 9.17) is 0 Å². The standard InChI is InChI=1S/C13H14N6O3/c1-9-12(19(21)22)10(2)17(14-9)7-8-18-13(20)16-6-4-3-5-11(16)15-18/h3-6H,7-8H2,1-2H3. The van der Waals surface area contributed by atoms with Crippen LogP contribution in [0.2, 0.25) is 0 Å². The normalized spacial score (nSPS) is 11.2. The molecule has 0 radical (unpaired) electrons. The molecule has 0 saturated heterocycles. The van der Waals surface area contributed by atoms with Crippen molar-refractivity contribution in [3.05, 3.63) is 56.4 Å². The van der Waals surface area contributed by atoms with Crippen molar-refractivity contribution >= 4 is 11.3 Å². The molecule has 0 unspecified atom stereocenters. The first-order chi connectivity index (χ1) is 10.5. The van der Waals surface area contributed by atoms with E-state index in [2.05, 4.69) is 10.2 Å². The summed E-state index contributed by atoms with van der Waals surface area (Å²) in [4.78, 5) is 22.7. The summed E-state index contributed by atoms with van der Waals surface area (Å²) < 4.78 is 4.31. The second-order valence-corrected chi connectivity index (χ2v) is 4.93. The van der Waals surface area contributed by atoms with Crippen LogP contribution in [0, 0.1) is 24.0 Å². The van der Waals surface area contributed by atoms with Crippen LogP contribution in [-0.2, 0) is 13.1 Å². The summed E-state index contributed by atoms with van der Waals surface area (Å²) in [6.07, 6.45) is 1.65. The molecule has 0 aliphatic carbocycles. The fraction of sp³-hybridized carbons (Fsp3) is 0.308. The Hall–Kier alpha value is -2.97. The predicted octanol–water partition coefficient (Wildman–Crippen LogP) is 0.918. The Balaban J connectivity index is 1.89. The van der Waals surface area contributed by atoms with Crippen molar-refractivity contribution in [2.45, 2.75) is 26.9 Å². The van der Waals surface area contributed by atoms with Crippen LogP contribution in [0.1, 0.15) is 11.4 Å². The van der Waals surface area contributed by atoms with Gasteiger partial charge in [-0.1, -0.05) is 6.07 Å². The smallest absolute Gasteiger partial charge is 0.261 e. The van der Waals surface area contributed by atoms with Gasteiger partial charge in [-0.15, -0.1) is 5.10 Å². The molecule has 0 spiro atoms. The van der Waals surface area contributed by atoms with Crippen LogP contribution < -0.4 is 5.69 Å². The van der Waals surface area contributed by atoms with Gasteiger partial charge in [-0.3, -0.25) is 19.2 Å². The second-order valence-electron chi connectivity index (χ2n) is 4.93. The minimum atomic E-state index is -0.439. The van der Waals surface area contributed by atoms with Crippen LogP contribution in [0.5, 0.6) is 0 Å². The summed E-state index contributed by atoms with van der Waals surface area (Å²) in [5, 5.41) is 19.4. The minimum Gasteiger partial charge on any atom is -0.261 e. The Kier molecular flexibility index (Phi) is 3.24. The van der Waals surface area contributed by atoms with Gasteiger partial charge in [-0.2, -0.15) is 5.10 Å². The maximum absolute atomic E-state index is 12.1. The van der Waals surface area contributed by atoms with Crippen LogP contribution in [-0.4, -0.2) is 28.9 Å². The molecule has 0 amide bonds. The van der Waals surface area contributed by atoms with E-state index in [0.717, 1.165) is 0 Å². The number of aromatic nitrogens is 5. The molecule has 0 bridgehead atoms. The first-order valence-corrected chi connectivity index (χ1v) is 6.71. The lowest BCUT2D eigenvalue weighted by Gasteiger charge is -2.02.